The summed E-state index contributed by atoms with van der Waals surface area (Å²) in [7, 11) is 1.61. The van der Waals surface area contributed by atoms with E-state index in [1.165, 1.54) is 6.07 Å². The molecule has 0 spiro atoms. The predicted molar refractivity (Wildman–Crippen MR) is 136 cm³/mol. The first-order valence-electron chi connectivity index (χ1n) is 11.5. The quantitative estimate of drug-likeness (QED) is 0.288. The average Bonchev–Trinajstić information content (AvgIpc) is 3.33. The molecular weight excluding hydrogens is 481 g/mol. The van der Waals surface area contributed by atoms with Crippen molar-refractivity contribution in [3.05, 3.63) is 101 Å². The number of ether oxygens (including phenoxy) is 2. The number of carbonyl (C=O) groups is 1. The summed E-state index contributed by atoms with van der Waals surface area (Å²) in [4.78, 5) is 12.6. The Morgan fingerprint density at radius 2 is 1.49 bits per heavy atom. The van der Waals surface area contributed by atoms with Gasteiger partial charge < -0.3 is 19.4 Å². The molecule has 5 rings (SSSR count). The summed E-state index contributed by atoms with van der Waals surface area (Å²) in [5.74, 6) is 1.68. The summed E-state index contributed by atoms with van der Waals surface area (Å²) in [5.41, 5.74) is 3.68. The van der Waals surface area contributed by atoms with Gasteiger partial charge in [-0.25, -0.2) is 0 Å². The van der Waals surface area contributed by atoms with Gasteiger partial charge in [-0.05, 0) is 92.2 Å². The Bertz CT molecular complexity index is 1520. The molecule has 0 aliphatic carbocycles. The summed E-state index contributed by atoms with van der Waals surface area (Å²) in [6.45, 7) is 3.89. The van der Waals surface area contributed by atoms with Gasteiger partial charge in [0.05, 0.1) is 12.7 Å². The van der Waals surface area contributed by atoms with Gasteiger partial charge in [0.15, 0.2) is 0 Å². The van der Waals surface area contributed by atoms with Gasteiger partial charge >= 0.3 is 6.18 Å². The van der Waals surface area contributed by atoms with Crippen LogP contribution in [-0.4, -0.2) is 17.6 Å². The molecule has 0 atom stereocenters. The van der Waals surface area contributed by atoms with Crippen LogP contribution in [0.15, 0.2) is 72.8 Å². The minimum atomic E-state index is -4.48. The number of halogens is 3. The van der Waals surface area contributed by atoms with E-state index in [-0.39, 0.29) is 5.69 Å². The van der Waals surface area contributed by atoms with E-state index >= 15 is 0 Å². The van der Waals surface area contributed by atoms with E-state index in [2.05, 4.69) is 5.32 Å². The highest BCUT2D eigenvalue weighted by Crippen LogP contribution is 2.39. The molecule has 1 aromatic heterocycles. The fourth-order valence-electron chi connectivity index (χ4n) is 4.44. The normalized spacial score (nSPS) is 14.0. The van der Waals surface area contributed by atoms with Gasteiger partial charge in [0, 0.05) is 33.9 Å². The second-order valence-corrected chi connectivity index (χ2v) is 8.70. The van der Waals surface area contributed by atoms with Gasteiger partial charge in [0.1, 0.15) is 17.2 Å². The second-order valence-electron chi connectivity index (χ2n) is 8.70. The van der Waals surface area contributed by atoms with E-state index in [1.54, 1.807) is 13.2 Å². The van der Waals surface area contributed by atoms with Crippen molar-refractivity contribution in [2.45, 2.75) is 20.0 Å². The van der Waals surface area contributed by atoms with Gasteiger partial charge in [-0.3, -0.25) is 4.79 Å². The molecule has 2 heterocycles. The zero-order valence-electron chi connectivity index (χ0n) is 20.3. The highest BCUT2D eigenvalue weighted by atomic mass is 19.4. The molecule has 0 radical (unpaired) electrons. The lowest BCUT2D eigenvalue weighted by atomic mass is 10.0. The molecule has 5 nitrogen and oxygen atoms in total. The number of aryl methyl sites for hydroxylation is 1. The van der Waals surface area contributed by atoms with Crippen molar-refractivity contribution in [2.75, 3.05) is 12.4 Å². The number of rotatable bonds is 5. The monoisotopic (exact) mass is 504 g/mol. The SMILES string of the molecule is COc1ccc(Oc2ccc(-n3c(C)cc(/C=C4/C(=O)Nc5cc(C(F)(F)F)ccc54)c3C)cc2)cc1. The summed E-state index contributed by atoms with van der Waals surface area (Å²) >= 11 is 0. The van der Waals surface area contributed by atoms with Gasteiger partial charge in [-0.1, -0.05) is 6.07 Å². The molecule has 188 valence electrons. The van der Waals surface area contributed by atoms with Crippen LogP contribution in [0, 0.1) is 13.8 Å². The number of nitrogens with one attached hydrogen (secondary N) is 1. The van der Waals surface area contributed by atoms with Crippen molar-refractivity contribution < 1.29 is 27.4 Å². The van der Waals surface area contributed by atoms with Gasteiger partial charge in [0.2, 0.25) is 0 Å². The molecular formula is C29H23F3N2O3. The van der Waals surface area contributed by atoms with Crippen LogP contribution in [0.2, 0.25) is 0 Å². The predicted octanol–water partition coefficient (Wildman–Crippen LogP) is 7.41. The fourth-order valence-corrected chi connectivity index (χ4v) is 4.44. The number of benzene rings is 3. The highest BCUT2D eigenvalue weighted by molar-refractivity contribution is 6.35. The van der Waals surface area contributed by atoms with Crippen molar-refractivity contribution in [1.82, 2.24) is 4.57 Å². The lowest BCUT2D eigenvalue weighted by Crippen LogP contribution is -2.06. The molecule has 0 unspecified atom stereocenters. The zero-order chi connectivity index (χ0) is 26.3. The molecule has 0 bridgehead atoms. The van der Waals surface area contributed by atoms with Crippen LogP contribution in [0.5, 0.6) is 17.2 Å². The third-order valence-corrected chi connectivity index (χ3v) is 6.29. The summed E-state index contributed by atoms with van der Waals surface area (Å²) in [5, 5.41) is 2.55. The Balaban J connectivity index is 1.42. The minimum absolute atomic E-state index is 0.160. The average molecular weight is 505 g/mol. The van der Waals surface area contributed by atoms with Crippen molar-refractivity contribution in [3.63, 3.8) is 0 Å². The van der Waals surface area contributed by atoms with Gasteiger partial charge in [-0.2, -0.15) is 13.2 Å². The molecule has 1 aliphatic heterocycles. The lowest BCUT2D eigenvalue weighted by molar-refractivity contribution is -0.137. The zero-order valence-corrected chi connectivity index (χ0v) is 20.3. The summed E-state index contributed by atoms with van der Waals surface area (Å²) in [6, 6.07) is 20.2. The Morgan fingerprint density at radius 3 is 2.11 bits per heavy atom. The number of fused-ring (bicyclic) bond motifs is 1. The number of aromatic nitrogens is 1. The Labute approximate surface area is 211 Å². The van der Waals surface area contributed by atoms with E-state index in [9.17, 15) is 18.0 Å². The van der Waals surface area contributed by atoms with Crippen molar-refractivity contribution in [3.8, 4) is 22.9 Å². The van der Waals surface area contributed by atoms with Crippen molar-refractivity contribution in [2.24, 2.45) is 0 Å². The van der Waals surface area contributed by atoms with E-state index in [4.69, 9.17) is 9.47 Å². The second kappa shape index (κ2) is 9.20. The van der Waals surface area contributed by atoms with E-state index in [1.807, 2.05) is 73.0 Å². The van der Waals surface area contributed by atoms with E-state index in [0.29, 0.717) is 22.6 Å². The number of nitrogens with zero attached hydrogens (tertiary/aromatic N) is 1. The van der Waals surface area contributed by atoms with E-state index in [0.717, 1.165) is 40.5 Å². The maximum absolute atomic E-state index is 13.1. The fraction of sp³-hybridized carbons (Fsp3) is 0.138. The number of methoxy groups -OCH3 is 1. The largest absolute Gasteiger partial charge is 0.497 e. The number of amides is 1. The van der Waals surface area contributed by atoms with Crippen LogP contribution >= 0.6 is 0 Å². The van der Waals surface area contributed by atoms with Gasteiger partial charge in [0.25, 0.3) is 5.91 Å². The number of hydrogen-bond donors (Lipinski definition) is 1. The molecule has 3 aromatic carbocycles. The maximum atomic E-state index is 13.1. The number of hydrogen-bond acceptors (Lipinski definition) is 3. The first-order chi connectivity index (χ1) is 17.6. The van der Waals surface area contributed by atoms with Crippen LogP contribution in [0.4, 0.5) is 18.9 Å². The molecule has 1 N–H and O–H groups in total. The summed E-state index contributed by atoms with van der Waals surface area (Å²) < 4.78 is 52.4. The lowest BCUT2D eigenvalue weighted by Gasteiger charge is -2.12. The molecule has 8 heteroatoms. The summed E-state index contributed by atoms with van der Waals surface area (Å²) in [6.07, 6.45) is -2.76. The molecule has 0 fully saturated rings. The third-order valence-electron chi connectivity index (χ3n) is 6.29. The van der Waals surface area contributed by atoms with Crippen LogP contribution in [-0.2, 0) is 11.0 Å². The smallest absolute Gasteiger partial charge is 0.416 e. The Kier molecular flexibility index (Phi) is 6.03. The topological polar surface area (TPSA) is 52.5 Å². The van der Waals surface area contributed by atoms with Crippen molar-refractivity contribution in [1.29, 1.82) is 0 Å². The third kappa shape index (κ3) is 4.70. The molecule has 4 aromatic rings. The number of anilines is 1. The Morgan fingerprint density at radius 1 is 0.865 bits per heavy atom. The molecule has 0 saturated heterocycles. The first kappa shape index (κ1) is 24.2. The molecule has 0 saturated carbocycles. The van der Waals surface area contributed by atoms with Crippen LogP contribution in [0.25, 0.3) is 17.3 Å². The molecule has 1 aliphatic rings. The van der Waals surface area contributed by atoms with E-state index < -0.39 is 17.6 Å². The molecule has 1 amide bonds. The minimum Gasteiger partial charge on any atom is -0.497 e. The van der Waals surface area contributed by atoms with Crippen LogP contribution < -0.4 is 14.8 Å². The van der Waals surface area contributed by atoms with Crippen LogP contribution in [0.1, 0.15) is 28.1 Å². The number of carbonyl (C=O) groups excluding carboxylic acids is 1. The van der Waals surface area contributed by atoms with Gasteiger partial charge in [-0.15, -0.1) is 0 Å². The maximum Gasteiger partial charge on any atom is 0.416 e. The highest BCUT2D eigenvalue weighted by Gasteiger charge is 2.33. The van der Waals surface area contributed by atoms with Crippen molar-refractivity contribution >= 4 is 23.2 Å². The first-order valence-corrected chi connectivity index (χ1v) is 11.5. The van der Waals surface area contributed by atoms with Crippen LogP contribution in [0.3, 0.4) is 0 Å². The standard InChI is InChI=1S/C29H23F3N2O3/c1-17-14-19(15-26-25-13-4-20(29(30,31)32)16-27(25)33-28(26)35)18(2)34(17)21-5-7-23(8-6-21)37-24-11-9-22(36-3)10-12-24/h4-16H,1-3H3,(H,33,35)/b26-15+. The Hall–Kier alpha value is -4.46. The number of alkyl halides is 3. The molecule has 37 heavy (non-hydrogen) atoms.